The Labute approximate surface area is 118 Å². The van der Waals surface area contributed by atoms with E-state index in [1.165, 1.54) is 6.20 Å². The van der Waals surface area contributed by atoms with Gasteiger partial charge in [-0.1, -0.05) is 6.07 Å². The Bertz CT molecular complexity index is 602. The predicted molar refractivity (Wildman–Crippen MR) is 80.2 cm³/mol. The van der Waals surface area contributed by atoms with Gasteiger partial charge < -0.3 is 10.2 Å². The topological polar surface area (TPSA) is 58.1 Å². The molecule has 2 aromatic rings. The molecule has 0 aliphatic rings. The second-order valence-corrected chi connectivity index (χ2v) is 4.75. The number of carbonyl (C=O) groups excluding carboxylic acids is 1. The first-order chi connectivity index (χ1) is 9.51. The molecule has 104 valence electrons. The highest BCUT2D eigenvalue weighted by molar-refractivity contribution is 6.04. The van der Waals surface area contributed by atoms with Gasteiger partial charge in [0, 0.05) is 19.8 Å². The minimum absolute atomic E-state index is 0.176. The number of amides is 1. The molecule has 2 rings (SSSR count). The van der Waals surface area contributed by atoms with Crippen LogP contribution in [0.5, 0.6) is 0 Å². The summed E-state index contributed by atoms with van der Waals surface area (Å²) >= 11 is 0. The molecule has 0 fully saturated rings. The Hall–Kier alpha value is -2.43. The Kier molecular flexibility index (Phi) is 3.98. The van der Waals surface area contributed by atoms with Crippen LogP contribution in [-0.2, 0) is 0 Å². The van der Waals surface area contributed by atoms with Crippen LogP contribution in [0.2, 0.25) is 0 Å². The van der Waals surface area contributed by atoms with Crippen molar-refractivity contribution in [2.24, 2.45) is 0 Å². The van der Waals surface area contributed by atoms with Crippen LogP contribution in [0.4, 0.5) is 11.5 Å². The number of aryl methyl sites for hydroxylation is 2. The maximum absolute atomic E-state index is 12.4. The van der Waals surface area contributed by atoms with E-state index in [-0.39, 0.29) is 5.91 Å². The van der Waals surface area contributed by atoms with E-state index in [1.54, 1.807) is 25.2 Å². The minimum atomic E-state index is -0.176. The number of hydrogen-bond acceptors (Lipinski definition) is 4. The summed E-state index contributed by atoms with van der Waals surface area (Å²) in [6.45, 7) is 4.02. The third-order valence-electron chi connectivity index (χ3n) is 3.03. The minimum Gasteiger partial charge on any atom is -0.372 e. The maximum atomic E-state index is 12.4. The molecule has 0 bridgehead atoms. The third-order valence-corrected chi connectivity index (χ3v) is 3.03. The highest BCUT2D eigenvalue weighted by Gasteiger charge is 2.15. The van der Waals surface area contributed by atoms with Gasteiger partial charge in [0.25, 0.3) is 5.91 Å². The summed E-state index contributed by atoms with van der Waals surface area (Å²) in [6, 6.07) is 6.02. The van der Waals surface area contributed by atoms with E-state index in [2.05, 4.69) is 21.4 Å². The Morgan fingerprint density at radius 2 is 1.75 bits per heavy atom. The number of hydrogen-bond donors (Lipinski definition) is 1. The Balaban J connectivity index is 2.27. The molecule has 1 amide bonds. The van der Waals surface area contributed by atoms with Gasteiger partial charge in [0.1, 0.15) is 11.5 Å². The molecule has 20 heavy (non-hydrogen) atoms. The highest BCUT2D eigenvalue weighted by atomic mass is 16.2. The lowest BCUT2D eigenvalue weighted by Crippen LogP contribution is -2.27. The van der Waals surface area contributed by atoms with E-state index in [1.807, 2.05) is 26.0 Å². The van der Waals surface area contributed by atoms with Crippen LogP contribution >= 0.6 is 0 Å². The first-order valence-electron chi connectivity index (χ1n) is 6.37. The molecular formula is C15H18N4O. The van der Waals surface area contributed by atoms with Crippen LogP contribution in [0.3, 0.4) is 0 Å². The summed E-state index contributed by atoms with van der Waals surface area (Å²) in [5.74, 6) is 0.459. The largest absolute Gasteiger partial charge is 0.372 e. The first-order valence-corrected chi connectivity index (χ1v) is 6.37. The van der Waals surface area contributed by atoms with Crippen LogP contribution in [0, 0.1) is 13.8 Å². The van der Waals surface area contributed by atoms with E-state index in [9.17, 15) is 4.79 Å². The van der Waals surface area contributed by atoms with Crippen LogP contribution in [0.1, 0.15) is 21.6 Å². The smallest absolute Gasteiger partial charge is 0.278 e. The average molecular weight is 270 g/mol. The standard InChI is InChI=1S/C15H18N4O/c1-10-5-11(2)7-12(6-10)19(4)15(20)13-8-18-14(16-3)9-17-13/h5-9H,1-4H3,(H,16,18). The Morgan fingerprint density at radius 3 is 2.25 bits per heavy atom. The monoisotopic (exact) mass is 270 g/mol. The SMILES string of the molecule is CNc1cnc(C(=O)N(C)c2cc(C)cc(C)c2)cn1. The fourth-order valence-electron chi connectivity index (χ4n) is 2.00. The third kappa shape index (κ3) is 2.93. The molecule has 1 aromatic carbocycles. The van der Waals surface area contributed by atoms with Crippen molar-refractivity contribution in [1.82, 2.24) is 9.97 Å². The number of benzene rings is 1. The van der Waals surface area contributed by atoms with Gasteiger partial charge in [-0.3, -0.25) is 4.79 Å². The van der Waals surface area contributed by atoms with E-state index in [0.29, 0.717) is 11.5 Å². The van der Waals surface area contributed by atoms with Crippen molar-refractivity contribution in [2.45, 2.75) is 13.8 Å². The molecule has 1 N–H and O–H groups in total. The summed E-state index contributed by atoms with van der Waals surface area (Å²) in [6.07, 6.45) is 3.02. The molecule has 0 radical (unpaired) electrons. The predicted octanol–water partition coefficient (Wildman–Crippen LogP) is 2.41. The van der Waals surface area contributed by atoms with Crippen molar-refractivity contribution in [3.63, 3.8) is 0 Å². The maximum Gasteiger partial charge on any atom is 0.278 e. The van der Waals surface area contributed by atoms with Gasteiger partial charge in [0.15, 0.2) is 0 Å². The van der Waals surface area contributed by atoms with Crippen molar-refractivity contribution in [3.05, 3.63) is 47.4 Å². The molecule has 0 unspecified atom stereocenters. The summed E-state index contributed by atoms with van der Waals surface area (Å²) in [7, 11) is 3.50. The van der Waals surface area contributed by atoms with E-state index in [0.717, 1.165) is 16.8 Å². The number of anilines is 2. The normalized spacial score (nSPS) is 10.2. The zero-order valence-corrected chi connectivity index (χ0v) is 12.1. The summed E-state index contributed by atoms with van der Waals surface area (Å²) in [4.78, 5) is 22.2. The lowest BCUT2D eigenvalue weighted by Gasteiger charge is -2.18. The van der Waals surface area contributed by atoms with Crippen molar-refractivity contribution >= 4 is 17.4 Å². The summed E-state index contributed by atoms with van der Waals surface area (Å²) < 4.78 is 0. The molecule has 5 nitrogen and oxygen atoms in total. The van der Waals surface area contributed by atoms with E-state index in [4.69, 9.17) is 0 Å². The van der Waals surface area contributed by atoms with Crippen molar-refractivity contribution < 1.29 is 4.79 Å². The van der Waals surface area contributed by atoms with Crippen LogP contribution in [0.15, 0.2) is 30.6 Å². The Morgan fingerprint density at radius 1 is 1.10 bits per heavy atom. The van der Waals surface area contributed by atoms with Gasteiger partial charge in [-0.15, -0.1) is 0 Å². The van der Waals surface area contributed by atoms with Gasteiger partial charge in [0.05, 0.1) is 12.4 Å². The van der Waals surface area contributed by atoms with Gasteiger partial charge >= 0.3 is 0 Å². The average Bonchev–Trinajstić information content (AvgIpc) is 2.45. The molecular weight excluding hydrogens is 252 g/mol. The number of aromatic nitrogens is 2. The lowest BCUT2D eigenvalue weighted by molar-refractivity contribution is 0.0988. The van der Waals surface area contributed by atoms with Gasteiger partial charge in [-0.05, 0) is 37.1 Å². The lowest BCUT2D eigenvalue weighted by atomic mass is 10.1. The van der Waals surface area contributed by atoms with Crippen molar-refractivity contribution in [1.29, 1.82) is 0 Å². The molecule has 0 saturated heterocycles. The molecule has 1 heterocycles. The van der Waals surface area contributed by atoms with E-state index >= 15 is 0 Å². The van der Waals surface area contributed by atoms with Crippen LogP contribution in [0.25, 0.3) is 0 Å². The van der Waals surface area contributed by atoms with Crippen molar-refractivity contribution in [3.8, 4) is 0 Å². The van der Waals surface area contributed by atoms with E-state index < -0.39 is 0 Å². The second-order valence-electron chi connectivity index (χ2n) is 4.75. The highest BCUT2D eigenvalue weighted by Crippen LogP contribution is 2.19. The number of carbonyl (C=O) groups is 1. The quantitative estimate of drug-likeness (QED) is 0.930. The number of nitrogens with one attached hydrogen (secondary N) is 1. The molecule has 1 aromatic heterocycles. The molecule has 0 saturated carbocycles. The number of rotatable bonds is 3. The fourth-order valence-corrected chi connectivity index (χ4v) is 2.00. The second kappa shape index (κ2) is 5.69. The zero-order chi connectivity index (χ0) is 14.7. The summed E-state index contributed by atoms with van der Waals surface area (Å²) in [5.41, 5.74) is 3.42. The van der Waals surface area contributed by atoms with Crippen molar-refractivity contribution in [2.75, 3.05) is 24.3 Å². The van der Waals surface area contributed by atoms with Gasteiger partial charge in [-0.2, -0.15) is 0 Å². The van der Waals surface area contributed by atoms with Crippen LogP contribution < -0.4 is 10.2 Å². The summed E-state index contributed by atoms with van der Waals surface area (Å²) in [5, 5.41) is 2.87. The first kappa shape index (κ1) is 14.0. The molecule has 0 spiro atoms. The zero-order valence-electron chi connectivity index (χ0n) is 12.1. The fraction of sp³-hybridized carbons (Fsp3) is 0.267. The number of nitrogens with zero attached hydrogens (tertiary/aromatic N) is 3. The molecule has 0 aliphatic carbocycles. The molecule has 5 heteroatoms. The van der Waals surface area contributed by atoms with Crippen LogP contribution in [-0.4, -0.2) is 30.0 Å². The molecule has 0 aliphatic heterocycles. The van der Waals surface area contributed by atoms with Gasteiger partial charge in [0.2, 0.25) is 0 Å². The molecule has 0 atom stereocenters. The van der Waals surface area contributed by atoms with Gasteiger partial charge in [-0.25, -0.2) is 9.97 Å².